The summed E-state index contributed by atoms with van der Waals surface area (Å²) in [5, 5.41) is 3.19. The first-order valence-electron chi connectivity index (χ1n) is 7.49. The van der Waals surface area contributed by atoms with E-state index < -0.39 is 10.2 Å². The van der Waals surface area contributed by atoms with Gasteiger partial charge >= 0.3 is 0 Å². The van der Waals surface area contributed by atoms with Gasteiger partial charge in [0.05, 0.1) is 0 Å². The lowest BCUT2D eigenvalue weighted by molar-refractivity contribution is 0.0584. The van der Waals surface area contributed by atoms with Gasteiger partial charge in [0.2, 0.25) is 0 Å². The molecule has 0 spiro atoms. The van der Waals surface area contributed by atoms with Crippen LogP contribution in [0.25, 0.3) is 0 Å². The Labute approximate surface area is 123 Å². The van der Waals surface area contributed by atoms with E-state index in [1.807, 2.05) is 13.8 Å². The molecule has 20 heavy (non-hydrogen) atoms. The molecule has 1 unspecified atom stereocenters. The summed E-state index contributed by atoms with van der Waals surface area (Å²) in [6, 6.07) is -0.0416. The fourth-order valence-electron chi connectivity index (χ4n) is 2.36. The Bertz CT molecular complexity index is 356. The molecule has 1 saturated heterocycles. The average Bonchev–Trinajstić information content (AvgIpc) is 2.43. The average molecular weight is 307 g/mol. The van der Waals surface area contributed by atoms with Crippen LogP contribution in [-0.4, -0.2) is 58.7 Å². The minimum Gasteiger partial charge on any atom is -0.381 e. The lowest BCUT2D eigenvalue weighted by Crippen LogP contribution is -2.46. The van der Waals surface area contributed by atoms with Crippen molar-refractivity contribution in [3.63, 3.8) is 0 Å². The van der Waals surface area contributed by atoms with Crippen molar-refractivity contribution in [2.75, 3.05) is 39.9 Å². The maximum absolute atomic E-state index is 12.2. The van der Waals surface area contributed by atoms with Crippen molar-refractivity contribution in [3.05, 3.63) is 0 Å². The van der Waals surface area contributed by atoms with Gasteiger partial charge in [0.25, 0.3) is 10.2 Å². The van der Waals surface area contributed by atoms with Crippen molar-refractivity contribution < 1.29 is 13.2 Å². The molecule has 1 fully saturated rings. The van der Waals surface area contributed by atoms with Gasteiger partial charge < -0.3 is 10.1 Å². The van der Waals surface area contributed by atoms with E-state index in [-0.39, 0.29) is 6.04 Å². The van der Waals surface area contributed by atoms with Crippen LogP contribution in [0.3, 0.4) is 0 Å². The van der Waals surface area contributed by atoms with Gasteiger partial charge in [-0.1, -0.05) is 6.92 Å². The third-order valence-corrected chi connectivity index (χ3v) is 5.47. The van der Waals surface area contributed by atoms with E-state index in [1.165, 1.54) is 4.31 Å². The van der Waals surface area contributed by atoms with Gasteiger partial charge in [-0.25, -0.2) is 0 Å². The first-order chi connectivity index (χ1) is 9.47. The van der Waals surface area contributed by atoms with Crippen LogP contribution < -0.4 is 10.0 Å². The van der Waals surface area contributed by atoms with E-state index in [4.69, 9.17) is 4.74 Å². The number of hydrogen-bond acceptors (Lipinski definition) is 4. The third kappa shape index (κ3) is 6.05. The summed E-state index contributed by atoms with van der Waals surface area (Å²) in [6.07, 6.45) is 2.67. The Morgan fingerprint density at radius 2 is 2.00 bits per heavy atom. The predicted molar refractivity (Wildman–Crippen MR) is 80.9 cm³/mol. The van der Waals surface area contributed by atoms with Crippen LogP contribution in [0.2, 0.25) is 0 Å². The standard InChI is InChI=1S/C13H29N3O3S/c1-4-14-8-5-9-16(3)20(17,18)15-12(2)13-6-10-19-11-7-13/h12-15H,4-11H2,1-3H3. The van der Waals surface area contributed by atoms with Crippen molar-refractivity contribution in [2.45, 2.75) is 39.2 Å². The molecule has 0 aromatic rings. The molecule has 2 N–H and O–H groups in total. The number of hydrogen-bond donors (Lipinski definition) is 2. The zero-order valence-corrected chi connectivity index (χ0v) is 13.7. The molecule has 1 atom stereocenters. The van der Waals surface area contributed by atoms with Gasteiger partial charge in [-0.05, 0) is 45.2 Å². The summed E-state index contributed by atoms with van der Waals surface area (Å²) in [6.45, 7) is 7.73. The topological polar surface area (TPSA) is 70.7 Å². The Balaban J connectivity index is 2.38. The summed E-state index contributed by atoms with van der Waals surface area (Å²) < 4.78 is 33.9. The smallest absolute Gasteiger partial charge is 0.279 e. The van der Waals surface area contributed by atoms with E-state index >= 15 is 0 Å². The zero-order chi connectivity index (χ0) is 15.0. The maximum Gasteiger partial charge on any atom is 0.279 e. The highest BCUT2D eigenvalue weighted by atomic mass is 32.2. The first-order valence-corrected chi connectivity index (χ1v) is 8.93. The van der Waals surface area contributed by atoms with Gasteiger partial charge in [0, 0.05) is 32.8 Å². The highest BCUT2D eigenvalue weighted by Crippen LogP contribution is 2.19. The van der Waals surface area contributed by atoms with Gasteiger partial charge in [-0.3, -0.25) is 0 Å². The quantitative estimate of drug-likeness (QED) is 0.611. The molecule has 1 aliphatic rings. The fraction of sp³-hybridized carbons (Fsp3) is 1.00. The van der Waals surface area contributed by atoms with Gasteiger partial charge in [-0.2, -0.15) is 17.4 Å². The lowest BCUT2D eigenvalue weighted by Gasteiger charge is -2.29. The summed E-state index contributed by atoms with van der Waals surface area (Å²) in [4.78, 5) is 0. The van der Waals surface area contributed by atoms with E-state index in [0.29, 0.717) is 12.5 Å². The van der Waals surface area contributed by atoms with Crippen LogP contribution in [0, 0.1) is 5.92 Å². The fourth-order valence-corrected chi connectivity index (χ4v) is 3.57. The van der Waals surface area contributed by atoms with Crippen LogP contribution in [0.1, 0.15) is 33.1 Å². The van der Waals surface area contributed by atoms with Crippen LogP contribution in [-0.2, 0) is 14.9 Å². The molecule has 6 nitrogen and oxygen atoms in total. The molecule has 1 aliphatic heterocycles. The zero-order valence-electron chi connectivity index (χ0n) is 12.9. The molecule has 120 valence electrons. The second-order valence-corrected chi connectivity index (χ2v) is 7.20. The first kappa shape index (κ1) is 17.8. The highest BCUT2D eigenvalue weighted by Gasteiger charge is 2.26. The monoisotopic (exact) mass is 307 g/mol. The molecule has 0 radical (unpaired) electrons. The summed E-state index contributed by atoms with van der Waals surface area (Å²) in [5.41, 5.74) is 0. The second-order valence-electron chi connectivity index (χ2n) is 5.39. The van der Waals surface area contributed by atoms with Crippen molar-refractivity contribution in [1.82, 2.24) is 14.3 Å². The number of rotatable bonds is 9. The number of ether oxygens (including phenoxy) is 1. The Morgan fingerprint density at radius 3 is 2.60 bits per heavy atom. The van der Waals surface area contributed by atoms with Gasteiger partial charge in [-0.15, -0.1) is 0 Å². The van der Waals surface area contributed by atoms with Crippen molar-refractivity contribution in [3.8, 4) is 0 Å². The maximum atomic E-state index is 12.2. The van der Waals surface area contributed by atoms with Crippen LogP contribution in [0.15, 0.2) is 0 Å². The highest BCUT2D eigenvalue weighted by molar-refractivity contribution is 7.87. The molecule has 0 bridgehead atoms. The molecule has 0 aliphatic carbocycles. The van der Waals surface area contributed by atoms with Crippen LogP contribution in [0.5, 0.6) is 0 Å². The lowest BCUT2D eigenvalue weighted by atomic mass is 9.94. The van der Waals surface area contributed by atoms with E-state index in [9.17, 15) is 8.42 Å². The molecule has 0 aromatic heterocycles. The van der Waals surface area contributed by atoms with Crippen molar-refractivity contribution in [2.24, 2.45) is 5.92 Å². The van der Waals surface area contributed by atoms with E-state index in [1.54, 1.807) is 7.05 Å². The normalized spacial score (nSPS) is 19.4. The minimum atomic E-state index is -3.38. The molecule has 0 saturated carbocycles. The van der Waals surface area contributed by atoms with E-state index in [2.05, 4.69) is 10.0 Å². The molecule has 7 heteroatoms. The molecule has 0 amide bonds. The van der Waals surface area contributed by atoms with Crippen LogP contribution >= 0.6 is 0 Å². The van der Waals surface area contributed by atoms with Gasteiger partial charge in [0.15, 0.2) is 0 Å². The minimum absolute atomic E-state index is 0.0416. The number of nitrogens with zero attached hydrogens (tertiary/aromatic N) is 1. The Hall–Kier alpha value is -0.210. The largest absolute Gasteiger partial charge is 0.381 e. The predicted octanol–water partition coefficient (Wildman–Crippen LogP) is 0.567. The summed E-state index contributed by atoms with van der Waals surface area (Å²) in [5.74, 6) is 0.369. The SMILES string of the molecule is CCNCCCN(C)S(=O)(=O)NC(C)C1CCOCC1. The second kappa shape index (κ2) is 8.94. The molecular formula is C13H29N3O3S. The van der Waals surface area contributed by atoms with E-state index in [0.717, 1.165) is 45.6 Å². The van der Waals surface area contributed by atoms with Gasteiger partial charge in [0.1, 0.15) is 0 Å². The molecule has 1 heterocycles. The number of nitrogens with one attached hydrogen (secondary N) is 2. The third-order valence-electron chi connectivity index (χ3n) is 3.79. The summed E-state index contributed by atoms with van der Waals surface area (Å²) in [7, 11) is -1.75. The Kier molecular flexibility index (Phi) is 7.98. The van der Waals surface area contributed by atoms with Crippen LogP contribution in [0.4, 0.5) is 0 Å². The molecule has 1 rings (SSSR count). The molecular weight excluding hydrogens is 278 g/mol. The summed E-state index contributed by atoms with van der Waals surface area (Å²) >= 11 is 0. The van der Waals surface area contributed by atoms with Crippen molar-refractivity contribution >= 4 is 10.2 Å². The molecule has 0 aromatic carbocycles. The van der Waals surface area contributed by atoms with Crippen molar-refractivity contribution in [1.29, 1.82) is 0 Å². The Morgan fingerprint density at radius 1 is 1.35 bits per heavy atom.